The van der Waals surface area contributed by atoms with Crippen molar-refractivity contribution in [2.45, 2.75) is 13.5 Å². The van der Waals surface area contributed by atoms with Gasteiger partial charge in [0.15, 0.2) is 0 Å². The molecule has 19 heavy (non-hydrogen) atoms. The summed E-state index contributed by atoms with van der Waals surface area (Å²) in [7, 11) is 0. The molecule has 2 rings (SSSR count). The molecule has 0 unspecified atom stereocenters. The van der Waals surface area contributed by atoms with Crippen LogP contribution in [0.15, 0.2) is 45.5 Å². The Kier molecular flexibility index (Phi) is 3.62. The zero-order valence-corrected chi connectivity index (χ0v) is 10.9. The molecule has 2 aromatic rings. The summed E-state index contributed by atoms with van der Waals surface area (Å²) in [6, 6.07) is 6.86. The van der Waals surface area contributed by atoms with Gasteiger partial charge in [0.25, 0.3) is 5.56 Å². The van der Waals surface area contributed by atoms with Crippen LogP contribution < -0.4 is 10.4 Å². The molecule has 0 aliphatic heterocycles. The maximum absolute atomic E-state index is 12.2. The van der Waals surface area contributed by atoms with E-state index in [1.165, 1.54) is 0 Å². The molecule has 1 N–H and O–H groups in total. The van der Waals surface area contributed by atoms with Crippen molar-refractivity contribution in [3.8, 4) is 0 Å². The summed E-state index contributed by atoms with van der Waals surface area (Å²) in [6.45, 7) is 1.56. The largest absolute Gasteiger partial charge is 0.478 e. The molecule has 1 aromatic heterocycles. The summed E-state index contributed by atoms with van der Waals surface area (Å²) in [6.07, 6.45) is 0.992. The third kappa shape index (κ3) is 2.79. The third-order valence-electron chi connectivity index (χ3n) is 2.56. The second kappa shape index (κ2) is 5.19. The van der Waals surface area contributed by atoms with Crippen LogP contribution in [0.1, 0.15) is 6.92 Å². The third-order valence-corrected chi connectivity index (χ3v) is 3.53. The van der Waals surface area contributed by atoms with Gasteiger partial charge in [0, 0.05) is 10.8 Å². The minimum atomic E-state index is -1.09. The van der Waals surface area contributed by atoms with E-state index in [1.807, 2.05) is 0 Å². The molecule has 0 spiro atoms. The summed E-state index contributed by atoms with van der Waals surface area (Å²) in [5.74, 6) is -1.09. The zero-order valence-electron chi connectivity index (χ0n) is 10.1. The quantitative estimate of drug-likeness (QED) is 0.862. The van der Waals surface area contributed by atoms with E-state index in [1.54, 1.807) is 31.2 Å². The Morgan fingerprint density at radius 3 is 2.74 bits per heavy atom. The van der Waals surface area contributed by atoms with Crippen LogP contribution in [0.2, 0.25) is 0 Å². The van der Waals surface area contributed by atoms with Crippen LogP contribution in [0.4, 0.5) is 0 Å². The van der Waals surface area contributed by atoms with Gasteiger partial charge in [-0.15, -0.1) is 0 Å². The van der Waals surface area contributed by atoms with E-state index < -0.39 is 11.5 Å². The van der Waals surface area contributed by atoms with Crippen LogP contribution in [0.5, 0.6) is 0 Å². The fourth-order valence-electron chi connectivity index (χ4n) is 1.75. The molecule has 0 radical (unpaired) electrons. The van der Waals surface area contributed by atoms with Crippen LogP contribution >= 0.6 is 11.3 Å². The number of allylic oxidation sites excluding steroid dienone is 1. The lowest BCUT2D eigenvalue weighted by molar-refractivity contribution is -0.131. The Morgan fingerprint density at radius 1 is 1.37 bits per heavy atom. The number of carbonyl (C=O) groups is 1. The van der Waals surface area contributed by atoms with Crippen molar-refractivity contribution in [1.82, 2.24) is 4.57 Å². The molecular formula is C13H11NO4S. The molecule has 5 nitrogen and oxygen atoms in total. The van der Waals surface area contributed by atoms with Crippen molar-refractivity contribution in [2.24, 2.45) is 0 Å². The number of aromatic nitrogens is 1. The van der Waals surface area contributed by atoms with Gasteiger partial charge in [-0.3, -0.25) is 14.2 Å². The van der Waals surface area contributed by atoms with Gasteiger partial charge in [0.1, 0.15) is 0 Å². The molecule has 6 heteroatoms. The van der Waals surface area contributed by atoms with Crippen molar-refractivity contribution < 1.29 is 9.90 Å². The monoisotopic (exact) mass is 277 g/mol. The summed E-state index contributed by atoms with van der Waals surface area (Å²) in [5.41, 5.74) is 0.0478. The van der Waals surface area contributed by atoms with Crippen molar-refractivity contribution >= 4 is 27.4 Å². The van der Waals surface area contributed by atoms with Gasteiger partial charge in [0.2, 0.25) is 0 Å². The summed E-state index contributed by atoms with van der Waals surface area (Å²) in [4.78, 5) is 34.2. The van der Waals surface area contributed by atoms with Crippen LogP contribution in [0.3, 0.4) is 0 Å². The van der Waals surface area contributed by atoms with Crippen LogP contribution in [0.25, 0.3) is 10.1 Å². The van der Waals surface area contributed by atoms with Crippen LogP contribution in [-0.4, -0.2) is 15.6 Å². The Morgan fingerprint density at radius 2 is 2.05 bits per heavy atom. The number of fused-ring (bicyclic) bond motifs is 1. The van der Waals surface area contributed by atoms with E-state index in [-0.39, 0.29) is 11.4 Å². The number of benzene rings is 1. The van der Waals surface area contributed by atoms with E-state index >= 15 is 0 Å². The van der Waals surface area contributed by atoms with Gasteiger partial charge in [-0.25, -0.2) is 4.79 Å². The summed E-state index contributed by atoms with van der Waals surface area (Å²) >= 11 is 0.976. The Balaban J connectivity index is 2.59. The van der Waals surface area contributed by atoms with Crippen LogP contribution in [-0.2, 0) is 11.3 Å². The summed E-state index contributed by atoms with van der Waals surface area (Å²) < 4.78 is 1.69. The van der Waals surface area contributed by atoms with E-state index in [2.05, 4.69) is 0 Å². The highest BCUT2D eigenvalue weighted by atomic mass is 32.1. The fourth-order valence-corrected chi connectivity index (χ4v) is 2.61. The molecule has 0 saturated carbocycles. The van der Waals surface area contributed by atoms with Crippen molar-refractivity contribution in [1.29, 1.82) is 0 Å². The SMILES string of the molecule is C/C(=C/C(=O)O)Cn1c(=O)sc2ccccc2c1=O. The highest BCUT2D eigenvalue weighted by Crippen LogP contribution is 2.11. The standard InChI is InChI=1S/C13H11NO4S/c1-8(6-11(15)16)7-14-12(17)9-4-2-3-5-10(9)19-13(14)18/h2-6H,7H2,1H3,(H,15,16)/b8-6-. The molecule has 0 aliphatic carbocycles. The predicted octanol–water partition coefficient (Wildman–Crippen LogP) is 1.45. The molecular weight excluding hydrogens is 266 g/mol. The molecule has 0 amide bonds. The van der Waals surface area contributed by atoms with Gasteiger partial charge >= 0.3 is 10.8 Å². The first-order valence-electron chi connectivity index (χ1n) is 5.52. The van der Waals surface area contributed by atoms with Gasteiger partial charge in [0.05, 0.1) is 11.9 Å². The lowest BCUT2D eigenvalue weighted by atomic mass is 10.2. The fraction of sp³-hybridized carbons (Fsp3) is 0.154. The average Bonchev–Trinajstić information content (AvgIpc) is 2.33. The number of hydrogen-bond acceptors (Lipinski definition) is 4. The number of rotatable bonds is 3. The maximum Gasteiger partial charge on any atom is 0.328 e. The van der Waals surface area contributed by atoms with Crippen LogP contribution in [0, 0.1) is 0 Å². The van der Waals surface area contributed by atoms with Gasteiger partial charge in [-0.2, -0.15) is 0 Å². The Labute approximate surface area is 112 Å². The molecule has 0 bridgehead atoms. The molecule has 0 saturated heterocycles. The second-order valence-corrected chi connectivity index (χ2v) is 5.08. The van der Waals surface area contributed by atoms with E-state index in [4.69, 9.17) is 5.11 Å². The molecule has 0 aliphatic rings. The Hall–Kier alpha value is -2.21. The summed E-state index contributed by atoms with van der Waals surface area (Å²) in [5, 5.41) is 9.10. The van der Waals surface area contributed by atoms with Gasteiger partial charge < -0.3 is 5.11 Å². The lowest BCUT2D eigenvalue weighted by Gasteiger charge is -2.05. The molecule has 0 fully saturated rings. The van der Waals surface area contributed by atoms with Crippen molar-refractivity contribution in [3.05, 3.63) is 55.9 Å². The number of hydrogen-bond donors (Lipinski definition) is 1. The minimum Gasteiger partial charge on any atom is -0.478 e. The molecule has 1 heterocycles. The number of carboxylic acid groups (broad SMARTS) is 1. The Bertz CT molecular complexity index is 785. The number of aliphatic carboxylic acids is 1. The topological polar surface area (TPSA) is 76.4 Å². The highest BCUT2D eigenvalue weighted by molar-refractivity contribution is 7.16. The molecule has 1 aromatic carbocycles. The van der Waals surface area contributed by atoms with Crippen molar-refractivity contribution in [2.75, 3.05) is 0 Å². The first-order valence-corrected chi connectivity index (χ1v) is 6.33. The van der Waals surface area contributed by atoms with Crippen molar-refractivity contribution in [3.63, 3.8) is 0 Å². The average molecular weight is 277 g/mol. The van der Waals surface area contributed by atoms with Gasteiger partial charge in [-0.1, -0.05) is 23.5 Å². The minimum absolute atomic E-state index is 0.00863. The molecule has 98 valence electrons. The second-order valence-electron chi connectivity index (χ2n) is 4.08. The highest BCUT2D eigenvalue weighted by Gasteiger charge is 2.08. The predicted molar refractivity (Wildman–Crippen MR) is 73.7 cm³/mol. The maximum atomic E-state index is 12.2. The zero-order chi connectivity index (χ0) is 14.0. The number of carboxylic acids is 1. The molecule has 0 atom stereocenters. The number of nitrogens with zero attached hydrogens (tertiary/aromatic N) is 1. The first-order chi connectivity index (χ1) is 8.99. The first kappa shape index (κ1) is 13.2. The van der Waals surface area contributed by atoms with E-state index in [9.17, 15) is 14.4 Å². The normalized spacial score (nSPS) is 11.7. The van der Waals surface area contributed by atoms with Gasteiger partial charge in [-0.05, 0) is 24.6 Å². The lowest BCUT2D eigenvalue weighted by Crippen LogP contribution is -2.31. The van der Waals surface area contributed by atoms with E-state index in [0.29, 0.717) is 15.7 Å². The smallest absolute Gasteiger partial charge is 0.328 e. The van der Waals surface area contributed by atoms with E-state index in [0.717, 1.165) is 22.0 Å².